The minimum atomic E-state index is 0.628. The van der Waals surface area contributed by atoms with Gasteiger partial charge in [-0.3, -0.25) is 0 Å². The van der Waals surface area contributed by atoms with Gasteiger partial charge in [-0.15, -0.1) is 0 Å². The monoisotopic (exact) mass is 1770 g/mol. The summed E-state index contributed by atoms with van der Waals surface area (Å²) in [4.78, 5) is 45.8. The van der Waals surface area contributed by atoms with Crippen LogP contribution in [0.1, 0.15) is 0 Å². The SMILES string of the molecule is c1ccc(-c2cccc(-c3nc(-c4cccc(-c5ccccc5)c4)nc(-c4ccc(-n5c6ccccc6c6ccccc65)c5ccccc45)n3)c2)cc1.c1ccc(-c2nc(-c3cc(-n4c5ccccc5c5ccccc54)c4ccccc4c3)nc(-c3cccc4ccccc34)n2)cc1.c1ccc(-c2nc(-c3ccccc3)nc(-c3ccc(-n4c5ccccc5c5ccccc54)c4ccccc34)n2)cc1. The number of para-hydroxylation sites is 6. The summed E-state index contributed by atoms with van der Waals surface area (Å²) in [6, 6.07) is 173. The van der Waals surface area contributed by atoms with Crippen molar-refractivity contribution in [2.24, 2.45) is 0 Å². The second-order valence-corrected chi connectivity index (χ2v) is 34.6. The average molecular weight is 1780 g/mol. The molecular weight excluding hydrogens is 1690 g/mol. The second kappa shape index (κ2) is 35.6. The lowest BCUT2D eigenvalue weighted by Gasteiger charge is -2.15. The summed E-state index contributed by atoms with van der Waals surface area (Å²) in [5.41, 5.74) is 23.5. The van der Waals surface area contributed by atoms with E-state index < -0.39 is 0 Å². The zero-order valence-electron chi connectivity index (χ0n) is 75.2. The van der Waals surface area contributed by atoms with Crippen LogP contribution in [0.25, 0.3) is 250 Å². The predicted molar refractivity (Wildman–Crippen MR) is 572 cm³/mol. The minimum Gasteiger partial charge on any atom is -0.309 e. The Balaban J connectivity index is 0.000000111. The van der Waals surface area contributed by atoms with E-state index in [1.807, 2.05) is 91.0 Å². The summed E-state index contributed by atoms with van der Waals surface area (Å²) >= 11 is 0. The fraction of sp³-hybridized carbons (Fsp3) is 0. The molecule has 0 atom stereocenters. The van der Waals surface area contributed by atoms with Crippen molar-refractivity contribution < 1.29 is 0 Å². The van der Waals surface area contributed by atoms with E-state index in [0.29, 0.717) is 52.4 Å². The van der Waals surface area contributed by atoms with Crippen LogP contribution in [0.2, 0.25) is 0 Å². The highest BCUT2D eigenvalue weighted by Crippen LogP contribution is 2.44. The van der Waals surface area contributed by atoms with Crippen molar-refractivity contribution >= 4 is 109 Å². The van der Waals surface area contributed by atoms with Crippen LogP contribution in [0.3, 0.4) is 0 Å². The number of benzene rings is 21. The smallest absolute Gasteiger partial charge is 0.164 e. The molecule has 0 spiro atoms. The van der Waals surface area contributed by atoms with Gasteiger partial charge in [-0.05, 0) is 134 Å². The second-order valence-electron chi connectivity index (χ2n) is 34.6. The van der Waals surface area contributed by atoms with Gasteiger partial charge < -0.3 is 13.7 Å². The van der Waals surface area contributed by atoms with Gasteiger partial charge in [-0.2, -0.15) is 0 Å². The molecule has 0 fully saturated rings. The molecular formula is C127H82N12. The first-order valence-corrected chi connectivity index (χ1v) is 46.7. The highest BCUT2D eigenvalue weighted by Gasteiger charge is 2.25. The van der Waals surface area contributed by atoms with Crippen LogP contribution in [0, 0.1) is 0 Å². The lowest BCUT2D eigenvalue weighted by Crippen LogP contribution is -2.02. The Bertz CT molecular complexity index is 9080. The van der Waals surface area contributed by atoms with Crippen LogP contribution in [-0.2, 0) is 0 Å². The number of hydrogen-bond acceptors (Lipinski definition) is 9. The van der Waals surface area contributed by atoms with Gasteiger partial charge in [0, 0.05) is 98.5 Å². The van der Waals surface area contributed by atoms with Crippen LogP contribution in [0.15, 0.2) is 497 Å². The van der Waals surface area contributed by atoms with Crippen molar-refractivity contribution in [3.8, 4) is 142 Å². The Kier molecular flexibility index (Phi) is 21.0. The topological polar surface area (TPSA) is 131 Å². The number of hydrogen-bond donors (Lipinski definition) is 0. The molecule has 0 N–H and O–H groups in total. The quantitative estimate of drug-likeness (QED) is 0.104. The summed E-state index contributed by atoms with van der Waals surface area (Å²) in [6.45, 7) is 0. The summed E-state index contributed by atoms with van der Waals surface area (Å²) in [7, 11) is 0. The molecule has 0 saturated heterocycles. The molecule has 0 unspecified atom stereocenters. The van der Waals surface area contributed by atoms with E-state index in [9.17, 15) is 0 Å². The van der Waals surface area contributed by atoms with Crippen molar-refractivity contribution in [1.29, 1.82) is 0 Å². The van der Waals surface area contributed by atoms with Crippen LogP contribution in [0.4, 0.5) is 0 Å². The maximum Gasteiger partial charge on any atom is 0.164 e. The minimum absolute atomic E-state index is 0.628. The van der Waals surface area contributed by atoms with E-state index in [2.05, 4.69) is 420 Å². The van der Waals surface area contributed by atoms with Crippen molar-refractivity contribution in [2.75, 3.05) is 0 Å². The highest BCUT2D eigenvalue weighted by molar-refractivity contribution is 6.15. The van der Waals surface area contributed by atoms with Gasteiger partial charge in [0.2, 0.25) is 0 Å². The third-order valence-corrected chi connectivity index (χ3v) is 26.3. The maximum atomic E-state index is 5.23. The van der Waals surface area contributed by atoms with E-state index in [4.69, 9.17) is 44.9 Å². The Morgan fingerprint density at radius 2 is 0.353 bits per heavy atom. The van der Waals surface area contributed by atoms with E-state index in [1.165, 1.54) is 59.8 Å². The Hall–Kier alpha value is -18.9. The Labute approximate surface area is 800 Å². The largest absolute Gasteiger partial charge is 0.309 e. The molecule has 0 radical (unpaired) electrons. The fourth-order valence-electron chi connectivity index (χ4n) is 19.9. The number of rotatable bonds is 14. The van der Waals surface area contributed by atoms with Gasteiger partial charge in [-0.25, -0.2) is 44.9 Å². The first-order valence-electron chi connectivity index (χ1n) is 46.7. The number of aromatic nitrogens is 12. The molecule has 650 valence electrons. The van der Waals surface area contributed by atoms with Crippen molar-refractivity contribution in [3.63, 3.8) is 0 Å². The van der Waals surface area contributed by atoms with Gasteiger partial charge >= 0.3 is 0 Å². The molecule has 27 rings (SSSR count). The van der Waals surface area contributed by atoms with E-state index in [1.54, 1.807) is 0 Å². The molecule has 0 saturated carbocycles. The third kappa shape index (κ3) is 15.3. The first kappa shape index (κ1) is 82.0. The van der Waals surface area contributed by atoms with Crippen LogP contribution < -0.4 is 0 Å². The first-order chi connectivity index (χ1) is 68.9. The molecule has 0 aliphatic heterocycles. The molecule has 0 aliphatic carbocycles. The molecule has 6 aromatic heterocycles. The van der Waals surface area contributed by atoms with Crippen LogP contribution in [0.5, 0.6) is 0 Å². The lowest BCUT2D eigenvalue weighted by atomic mass is 10.0. The molecule has 21 aromatic carbocycles. The number of nitrogens with zero attached hydrogens (tertiary/aromatic N) is 12. The molecule has 0 aliphatic rings. The fourth-order valence-corrected chi connectivity index (χ4v) is 19.9. The normalized spacial score (nSPS) is 11.5. The Morgan fingerprint density at radius 1 is 0.115 bits per heavy atom. The summed E-state index contributed by atoms with van der Waals surface area (Å²) < 4.78 is 7.13. The van der Waals surface area contributed by atoms with Crippen molar-refractivity contribution in [1.82, 2.24) is 58.6 Å². The lowest BCUT2D eigenvalue weighted by molar-refractivity contribution is 1.07. The number of fused-ring (bicyclic) bond motifs is 13. The van der Waals surface area contributed by atoms with Gasteiger partial charge in [0.05, 0.1) is 50.2 Å². The van der Waals surface area contributed by atoms with Gasteiger partial charge in [0.15, 0.2) is 52.4 Å². The molecule has 139 heavy (non-hydrogen) atoms. The predicted octanol–water partition coefficient (Wildman–Crippen LogP) is 31.9. The van der Waals surface area contributed by atoms with Crippen LogP contribution >= 0.6 is 0 Å². The standard InChI is InChI=1S/C49H32N4.C41H26N4.C37H24N4/c1-3-15-33(16-4-1)35-19-13-21-37(31-35)47-50-48(38-22-14-20-36(32-38)34-17-5-2-6-18-34)52-49(51-47)43-29-30-46(40-24-8-7-23-39(40)43)53-44-27-11-9-25-41(44)42-26-10-12-28-45(42)53;1-2-14-28(15-3-1)39-42-40(44-41(43-39)35-22-12-17-27-13-4-6-18-31(27)35)30-25-29-16-5-7-19-32(29)38(26-30)45-36-23-10-8-20-33(36)34-21-9-11-24-37(34)45;1-3-13-25(14-4-1)35-38-36(26-15-5-2-6-16-26)40-37(39-35)31-23-24-34(28-18-8-7-17-27(28)31)41-32-21-11-9-19-29(32)30-20-10-12-22-33(30)41/h1-32H;1-26H;1-24H. The molecule has 12 heteroatoms. The van der Waals surface area contributed by atoms with Gasteiger partial charge in [-0.1, -0.05) is 413 Å². The van der Waals surface area contributed by atoms with Crippen LogP contribution in [-0.4, -0.2) is 58.6 Å². The zero-order chi connectivity index (χ0) is 92.1. The third-order valence-electron chi connectivity index (χ3n) is 26.3. The van der Waals surface area contributed by atoms with E-state index in [0.717, 1.165) is 138 Å². The molecule has 6 heterocycles. The summed E-state index contributed by atoms with van der Waals surface area (Å²) in [5, 5.41) is 16.4. The Morgan fingerprint density at radius 3 is 0.719 bits per heavy atom. The van der Waals surface area contributed by atoms with E-state index >= 15 is 0 Å². The molecule has 12 nitrogen and oxygen atoms in total. The van der Waals surface area contributed by atoms with Crippen molar-refractivity contribution in [2.45, 2.75) is 0 Å². The van der Waals surface area contributed by atoms with Gasteiger partial charge in [0.25, 0.3) is 0 Å². The maximum absolute atomic E-state index is 5.23. The van der Waals surface area contributed by atoms with E-state index in [-0.39, 0.29) is 0 Å². The average Bonchev–Trinajstić information content (AvgIpc) is 1.58. The van der Waals surface area contributed by atoms with Crippen molar-refractivity contribution in [3.05, 3.63) is 497 Å². The molecule has 0 bridgehead atoms. The highest BCUT2D eigenvalue weighted by atomic mass is 15.1. The molecule has 27 aromatic rings. The summed E-state index contributed by atoms with van der Waals surface area (Å²) in [5.74, 6) is 5.80. The molecule has 0 amide bonds. The van der Waals surface area contributed by atoms with Gasteiger partial charge in [0.1, 0.15) is 0 Å². The zero-order valence-corrected chi connectivity index (χ0v) is 75.2. The summed E-state index contributed by atoms with van der Waals surface area (Å²) in [6.07, 6.45) is 0.